The molecule has 2 aliphatic rings. The second-order valence-electron chi connectivity index (χ2n) is 6.10. The maximum Gasteiger partial charge on any atom is 0.317 e. The van der Waals surface area contributed by atoms with Gasteiger partial charge < -0.3 is 20.2 Å². The van der Waals surface area contributed by atoms with Crippen molar-refractivity contribution in [3.63, 3.8) is 0 Å². The Morgan fingerprint density at radius 2 is 2.11 bits per heavy atom. The molecule has 1 heterocycles. The fraction of sp³-hybridized carbons (Fsp3) is 0.929. The van der Waals surface area contributed by atoms with E-state index < -0.39 is 0 Å². The topological polar surface area (TPSA) is 55.8 Å². The van der Waals surface area contributed by atoms with Crippen molar-refractivity contribution >= 4 is 6.03 Å². The molecule has 0 aromatic heterocycles. The van der Waals surface area contributed by atoms with Gasteiger partial charge >= 0.3 is 6.03 Å². The zero-order chi connectivity index (χ0) is 13.8. The largest absolute Gasteiger partial charge is 0.394 e. The Balaban J connectivity index is 1.84. The van der Waals surface area contributed by atoms with Crippen LogP contribution in [0, 0.1) is 0 Å². The highest BCUT2D eigenvalue weighted by atomic mass is 16.3. The zero-order valence-electron chi connectivity index (χ0n) is 12.1. The Labute approximate surface area is 115 Å². The van der Waals surface area contributed by atoms with Crippen LogP contribution >= 0.6 is 0 Å². The van der Waals surface area contributed by atoms with Crippen molar-refractivity contribution in [1.82, 2.24) is 15.1 Å². The van der Waals surface area contributed by atoms with Gasteiger partial charge in [-0.3, -0.25) is 0 Å². The molecule has 0 aromatic carbocycles. The smallest absolute Gasteiger partial charge is 0.317 e. The summed E-state index contributed by atoms with van der Waals surface area (Å²) in [6, 6.07) is 0.897. The highest BCUT2D eigenvalue weighted by molar-refractivity contribution is 5.75. The number of urea groups is 1. The summed E-state index contributed by atoms with van der Waals surface area (Å²) >= 11 is 0. The van der Waals surface area contributed by atoms with E-state index in [1.54, 1.807) is 4.90 Å². The Morgan fingerprint density at radius 1 is 1.32 bits per heavy atom. The number of carbonyl (C=O) groups is 1. The van der Waals surface area contributed by atoms with E-state index in [9.17, 15) is 9.90 Å². The van der Waals surface area contributed by atoms with E-state index in [1.807, 2.05) is 0 Å². The molecule has 1 aliphatic carbocycles. The third kappa shape index (κ3) is 3.60. The summed E-state index contributed by atoms with van der Waals surface area (Å²) in [4.78, 5) is 16.3. The zero-order valence-corrected chi connectivity index (χ0v) is 12.1. The summed E-state index contributed by atoms with van der Waals surface area (Å²) < 4.78 is 0. The number of aliphatic hydroxyl groups is 1. The van der Waals surface area contributed by atoms with E-state index in [0.29, 0.717) is 6.04 Å². The van der Waals surface area contributed by atoms with Crippen molar-refractivity contribution in [3.8, 4) is 0 Å². The number of carbonyl (C=O) groups excluding carboxylic acids is 1. The first kappa shape index (κ1) is 14.6. The van der Waals surface area contributed by atoms with Crippen LogP contribution in [-0.4, -0.2) is 66.3 Å². The SMILES string of the molecule is CN(C)C1CCCC(NC(=O)N2CCC[C@H]2CO)C1. The summed E-state index contributed by atoms with van der Waals surface area (Å²) in [6.07, 6.45) is 6.45. The van der Waals surface area contributed by atoms with Crippen molar-refractivity contribution in [2.75, 3.05) is 27.2 Å². The summed E-state index contributed by atoms with van der Waals surface area (Å²) in [5.74, 6) is 0. The van der Waals surface area contributed by atoms with Gasteiger partial charge in [0, 0.05) is 18.6 Å². The molecule has 0 bridgehead atoms. The molecule has 110 valence electrons. The minimum Gasteiger partial charge on any atom is -0.394 e. The van der Waals surface area contributed by atoms with Crippen LogP contribution < -0.4 is 5.32 Å². The maximum absolute atomic E-state index is 12.2. The number of nitrogens with one attached hydrogen (secondary N) is 1. The van der Waals surface area contributed by atoms with Crippen LogP contribution in [0.15, 0.2) is 0 Å². The third-order valence-electron chi connectivity index (χ3n) is 4.55. The molecule has 3 atom stereocenters. The average molecular weight is 269 g/mol. The van der Waals surface area contributed by atoms with Crippen LogP contribution in [-0.2, 0) is 0 Å². The molecule has 1 aliphatic heterocycles. The number of likely N-dealkylation sites (tertiary alicyclic amines) is 1. The Bertz CT molecular complexity index is 309. The summed E-state index contributed by atoms with van der Waals surface area (Å²) in [6.45, 7) is 0.860. The molecule has 0 radical (unpaired) electrons. The van der Waals surface area contributed by atoms with Crippen LogP contribution in [0.5, 0.6) is 0 Å². The van der Waals surface area contributed by atoms with E-state index in [0.717, 1.165) is 32.2 Å². The molecule has 5 heteroatoms. The average Bonchev–Trinajstić information content (AvgIpc) is 2.87. The Kier molecular flexibility index (Phi) is 5.05. The molecule has 2 unspecified atom stereocenters. The highest BCUT2D eigenvalue weighted by Crippen LogP contribution is 2.23. The van der Waals surface area contributed by atoms with Gasteiger partial charge in [0.1, 0.15) is 0 Å². The molecule has 0 aromatic rings. The minimum absolute atomic E-state index is 0.0148. The number of rotatable bonds is 3. The van der Waals surface area contributed by atoms with Crippen LogP contribution in [0.1, 0.15) is 38.5 Å². The van der Waals surface area contributed by atoms with Gasteiger partial charge in [-0.25, -0.2) is 4.79 Å². The second-order valence-corrected chi connectivity index (χ2v) is 6.10. The lowest BCUT2D eigenvalue weighted by molar-refractivity contribution is 0.146. The first-order chi connectivity index (χ1) is 9.11. The first-order valence-corrected chi connectivity index (χ1v) is 7.46. The third-order valence-corrected chi connectivity index (χ3v) is 4.55. The summed E-state index contributed by atoms with van der Waals surface area (Å²) in [7, 11) is 4.22. The van der Waals surface area contributed by atoms with E-state index >= 15 is 0 Å². The predicted molar refractivity (Wildman–Crippen MR) is 75.1 cm³/mol. The van der Waals surface area contributed by atoms with Gasteiger partial charge in [0.15, 0.2) is 0 Å². The molecule has 2 fully saturated rings. The van der Waals surface area contributed by atoms with Gasteiger partial charge in [-0.15, -0.1) is 0 Å². The Hall–Kier alpha value is -0.810. The van der Waals surface area contributed by atoms with Crippen molar-refractivity contribution in [3.05, 3.63) is 0 Å². The lowest BCUT2D eigenvalue weighted by Crippen LogP contribution is -2.50. The monoisotopic (exact) mass is 269 g/mol. The van der Waals surface area contributed by atoms with Gasteiger partial charge in [0.05, 0.1) is 12.6 Å². The van der Waals surface area contributed by atoms with Gasteiger partial charge in [-0.05, 0) is 52.6 Å². The van der Waals surface area contributed by atoms with Crippen LogP contribution in [0.25, 0.3) is 0 Å². The fourth-order valence-corrected chi connectivity index (χ4v) is 3.31. The molecular formula is C14H27N3O2. The molecule has 2 rings (SSSR count). The van der Waals surface area contributed by atoms with Gasteiger partial charge in [0.25, 0.3) is 0 Å². The molecule has 1 saturated heterocycles. The van der Waals surface area contributed by atoms with E-state index in [4.69, 9.17) is 0 Å². The van der Waals surface area contributed by atoms with Gasteiger partial charge in [-0.1, -0.05) is 0 Å². The van der Waals surface area contributed by atoms with E-state index in [1.165, 1.54) is 12.8 Å². The van der Waals surface area contributed by atoms with Crippen LogP contribution in [0.4, 0.5) is 4.79 Å². The molecular weight excluding hydrogens is 242 g/mol. The minimum atomic E-state index is 0.0148. The fourth-order valence-electron chi connectivity index (χ4n) is 3.31. The number of hydrogen-bond acceptors (Lipinski definition) is 3. The lowest BCUT2D eigenvalue weighted by atomic mass is 9.90. The predicted octanol–water partition coefficient (Wildman–Crippen LogP) is 1.03. The second kappa shape index (κ2) is 6.57. The number of nitrogens with zero attached hydrogens (tertiary/aromatic N) is 2. The van der Waals surface area contributed by atoms with Crippen LogP contribution in [0.3, 0.4) is 0 Å². The van der Waals surface area contributed by atoms with Crippen molar-refractivity contribution in [1.29, 1.82) is 0 Å². The quantitative estimate of drug-likeness (QED) is 0.804. The molecule has 2 amide bonds. The highest BCUT2D eigenvalue weighted by Gasteiger charge is 2.31. The Morgan fingerprint density at radius 3 is 2.79 bits per heavy atom. The summed E-state index contributed by atoms with van der Waals surface area (Å²) in [5.41, 5.74) is 0. The van der Waals surface area contributed by atoms with Crippen molar-refractivity contribution < 1.29 is 9.90 Å². The lowest BCUT2D eigenvalue weighted by Gasteiger charge is -2.35. The maximum atomic E-state index is 12.2. The first-order valence-electron chi connectivity index (χ1n) is 7.46. The van der Waals surface area contributed by atoms with Gasteiger partial charge in [-0.2, -0.15) is 0 Å². The molecule has 1 saturated carbocycles. The normalized spacial score (nSPS) is 31.8. The van der Waals surface area contributed by atoms with E-state index in [-0.39, 0.29) is 24.7 Å². The van der Waals surface area contributed by atoms with E-state index in [2.05, 4.69) is 24.3 Å². The molecule has 2 N–H and O–H groups in total. The van der Waals surface area contributed by atoms with Crippen molar-refractivity contribution in [2.45, 2.75) is 56.7 Å². The van der Waals surface area contributed by atoms with Crippen molar-refractivity contribution in [2.24, 2.45) is 0 Å². The molecule has 5 nitrogen and oxygen atoms in total. The standard InChI is InChI=1S/C14H27N3O2/c1-16(2)12-6-3-5-11(9-12)15-14(19)17-8-4-7-13(17)10-18/h11-13,18H,3-10H2,1-2H3,(H,15,19)/t11?,12?,13-/m0/s1. The molecule has 19 heavy (non-hydrogen) atoms. The number of hydrogen-bond donors (Lipinski definition) is 2. The number of amides is 2. The number of aliphatic hydroxyl groups excluding tert-OH is 1. The van der Waals surface area contributed by atoms with Gasteiger partial charge in [0.2, 0.25) is 0 Å². The summed E-state index contributed by atoms with van der Waals surface area (Å²) in [5, 5.41) is 12.4. The van der Waals surface area contributed by atoms with Crippen LogP contribution in [0.2, 0.25) is 0 Å². The molecule has 0 spiro atoms.